The second kappa shape index (κ2) is 7.09. The van der Waals surface area contributed by atoms with Crippen LogP contribution in [0.25, 0.3) is 0 Å². The molecule has 0 aliphatic heterocycles. The van der Waals surface area contributed by atoms with Gasteiger partial charge < -0.3 is 10.5 Å². The van der Waals surface area contributed by atoms with Gasteiger partial charge in [0.05, 0.1) is 12.2 Å². The van der Waals surface area contributed by atoms with E-state index in [1.165, 1.54) is 19.2 Å². The minimum atomic E-state index is 0.542. The van der Waals surface area contributed by atoms with E-state index in [4.69, 9.17) is 10.5 Å². The van der Waals surface area contributed by atoms with E-state index >= 15 is 0 Å². The van der Waals surface area contributed by atoms with Gasteiger partial charge in [-0.15, -0.1) is 0 Å². The van der Waals surface area contributed by atoms with Gasteiger partial charge in [-0.3, -0.25) is 0 Å². The van der Waals surface area contributed by atoms with Crippen LogP contribution in [0.2, 0.25) is 0 Å². The van der Waals surface area contributed by atoms with Crippen LogP contribution in [0.1, 0.15) is 45.6 Å². The zero-order valence-corrected chi connectivity index (χ0v) is 11.1. The molecular formula is C13H23N3O. The van der Waals surface area contributed by atoms with Crippen molar-refractivity contribution in [2.24, 2.45) is 5.92 Å². The number of nitrogens with two attached hydrogens (primary N) is 1. The van der Waals surface area contributed by atoms with Gasteiger partial charge in [0, 0.05) is 0 Å². The normalized spacial score (nSPS) is 12.4. The van der Waals surface area contributed by atoms with E-state index in [0.29, 0.717) is 24.2 Å². The van der Waals surface area contributed by atoms with Gasteiger partial charge in [0.1, 0.15) is 12.1 Å². The highest BCUT2D eigenvalue weighted by molar-refractivity contribution is 5.44. The van der Waals surface area contributed by atoms with Crippen LogP contribution >= 0.6 is 0 Å². The molecule has 4 heteroatoms. The lowest BCUT2D eigenvalue weighted by molar-refractivity contribution is 0.240. The van der Waals surface area contributed by atoms with Crippen molar-refractivity contribution in [1.82, 2.24) is 9.97 Å². The molecule has 0 spiro atoms. The largest absolute Gasteiger partial charge is 0.477 e. The second-order valence-electron chi connectivity index (χ2n) is 4.50. The first-order valence-corrected chi connectivity index (χ1v) is 6.41. The summed E-state index contributed by atoms with van der Waals surface area (Å²) in [6, 6.07) is 0. The number of nitrogens with zero attached hydrogens (tertiary/aromatic N) is 2. The van der Waals surface area contributed by atoms with Crippen LogP contribution < -0.4 is 10.5 Å². The van der Waals surface area contributed by atoms with Crippen molar-refractivity contribution in [2.45, 2.75) is 46.5 Å². The van der Waals surface area contributed by atoms with E-state index in [0.717, 1.165) is 18.4 Å². The Hall–Kier alpha value is -1.32. The number of anilines is 1. The van der Waals surface area contributed by atoms with Gasteiger partial charge >= 0.3 is 0 Å². The molecule has 0 aliphatic carbocycles. The van der Waals surface area contributed by atoms with Gasteiger partial charge in [-0.05, 0) is 18.8 Å². The molecule has 0 aromatic carbocycles. The van der Waals surface area contributed by atoms with Crippen molar-refractivity contribution < 1.29 is 4.74 Å². The maximum absolute atomic E-state index is 5.84. The molecule has 1 atom stereocenters. The number of nitrogen functional groups attached to an aromatic ring is 1. The summed E-state index contributed by atoms with van der Waals surface area (Å²) >= 11 is 0. The van der Waals surface area contributed by atoms with Crippen LogP contribution in [0, 0.1) is 5.92 Å². The molecule has 1 aromatic heterocycles. The molecule has 1 unspecified atom stereocenters. The number of rotatable bonds is 7. The van der Waals surface area contributed by atoms with Crippen molar-refractivity contribution in [1.29, 1.82) is 0 Å². The van der Waals surface area contributed by atoms with Crippen LogP contribution in [0.4, 0.5) is 5.82 Å². The van der Waals surface area contributed by atoms with Crippen molar-refractivity contribution in [3.63, 3.8) is 0 Å². The third-order valence-electron chi connectivity index (χ3n) is 2.73. The van der Waals surface area contributed by atoms with Crippen molar-refractivity contribution >= 4 is 5.82 Å². The first-order chi connectivity index (χ1) is 8.19. The Balaban J connectivity index is 2.66. The number of hydrogen-bond donors (Lipinski definition) is 1. The minimum absolute atomic E-state index is 0.542. The third-order valence-corrected chi connectivity index (χ3v) is 2.73. The quantitative estimate of drug-likeness (QED) is 0.792. The summed E-state index contributed by atoms with van der Waals surface area (Å²) in [6.07, 6.45) is 5.69. The van der Waals surface area contributed by atoms with Crippen LogP contribution in [-0.2, 0) is 6.42 Å². The standard InChI is InChI=1S/C13H23N3O/c1-4-6-10(3)8-17-13-11(7-5-2)12(14)15-9-16-13/h9-10H,4-8H2,1-3H3,(H2,14,15,16). The molecule has 1 rings (SSSR count). The minimum Gasteiger partial charge on any atom is -0.477 e. The zero-order valence-electron chi connectivity index (χ0n) is 11.1. The molecule has 0 radical (unpaired) electrons. The first-order valence-electron chi connectivity index (χ1n) is 6.41. The Bertz CT molecular complexity index is 341. The molecule has 17 heavy (non-hydrogen) atoms. The smallest absolute Gasteiger partial charge is 0.221 e. The van der Waals surface area contributed by atoms with Crippen LogP contribution in [-0.4, -0.2) is 16.6 Å². The summed E-state index contributed by atoms with van der Waals surface area (Å²) < 4.78 is 5.75. The second-order valence-corrected chi connectivity index (χ2v) is 4.50. The highest BCUT2D eigenvalue weighted by Gasteiger charge is 2.11. The molecule has 1 heterocycles. The van der Waals surface area contributed by atoms with E-state index in [1.54, 1.807) is 0 Å². The maximum atomic E-state index is 5.84. The lowest BCUT2D eigenvalue weighted by Crippen LogP contribution is -2.12. The average Bonchev–Trinajstić information content (AvgIpc) is 2.30. The molecule has 0 fully saturated rings. The lowest BCUT2D eigenvalue weighted by Gasteiger charge is -2.14. The van der Waals surface area contributed by atoms with E-state index in [-0.39, 0.29) is 0 Å². The molecule has 1 aromatic rings. The van der Waals surface area contributed by atoms with Gasteiger partial charge in [-0.25, -0.2) is 9.97 Å². The zero-order chi connectivity index (χ0) is 12.7. The van der Waals surface area contributed by atoms with Crippen molar-refractivity contribution in [3.8, 4) is 5.88 Å². The lowest BCUT2D eigenvalue weighted by atomic mass is 10.1. The number of ether oxygens (including phenoxy) is 1. The van der Waals surface area contributed by atoms with Crippen LogP contribution in [0.15, 0.2) is 6.33 Å². The van der Waals surface area contributed by atoms with E-state index in [2.05, 4.69) is 30.7 Å². The molecule has 0 aliphatic rings. The highest BCUT2D eigenvalue weighted by Crippen LogP contribution is 2.22. The fourth-order valence-corrected chi connectivity index (χ4v) is 1.82. The fraction of sp³-hybridized carbons (Fsp3) is 0.692. The van der Waals surface area contributed by atoms with E-state index in [1.807, 2.05) is 0 Å². The molecule has 0 bridgehead atoms. The monoisotopic (exact) mass is 237 g/mol. The highest BCUT2D eigenvalue weighted by atomic mass is 16.5. The Morgan fingerprint density at radius 2 is 2.06 bits per heavy atom. The Kier molecular flexibility index (Phi) is 5.73. The van der Waals surface area contributed by atoms with Crippen molar-refractivity contribution in [2.75, 3.05) is 12.3 Å². The topological polar surface area (TPSA) is 61.0 Å². The summed E-state index contributed by atoms with van der Waals surface area (Å²) in [7, 11) is 0. The number of aromatic nitrogens is 2. The third kappa shape index (κ3) is 4.21. The van der Waals surface area contributed by atoms with Crippen LogP contribution in [0.5, 0.6) is 5.88 Å². The summed E-state index contributed by atoms with van der Waals surface area (Å²) in [4.78, 5) is 8.19. The molecule has 2 N–H and O–H groups in total. The van der Waals surface area contributed by atoms with Gasteiger partial charge in [0.2, 0.25) is 5.88 Å². The Labute approximate surface area is 104 Å². The average molecular weight is 237 g/mol. The first kappa shape index (κ1) is 13.7. The van der Waals surface area contributed by atoms with E-state index < -0.39 is 0 Å². The summed E-state index contributed by atoms with van der Waals surface area (Å²) in [6.45, 7) is 7.17. The van der Waals surface area contributed by atoms with E-state index in [9.17, 15) is 0 Å². The molecule has 0 saturated carbocycles. The summed E-state index contributed by atoms with van der Waals surface area (Å²) in [5.41, 5.74) is 6.78. The predicted octanol–water partition coefficient (Wildman–Crippen LogP) is 2.83. The van der Waals surface area contributed by atoms with Crippen LogP contribution in [0.3, 0.4) is 0 Å². The molecule has 4 nitrogen and oxygen atoms in total. The Morgan fingerprint density at radius 1 is 1.29 bits per heavy atom. The van der Waals surface area contributed by atoms with Gasteiger partial charge in [-0.1, -0.05) is 33.6 Å². The number of hydrogen-bond acceptors (Lipinski definition) is 4. The Morgan fingerprint density at radius 3 is 2.71 bits per heavy atom. The van der Waals surface area contributed by atoms with Crippen molar-refractivity contribution in [3.05, 3.63) is 11.9 Å². The molecule has 0 amide bonds. The SMILES string of the molecule is CCCc1c(N)ncnc1OCC(C)CCC. The molecule has 0 saturated heterocycles. The maximum Gasteiger partial charge on any atom is 0.221 e. The summed E-state index contributed by atoms with van der Waals surface area (Å²) in [5.74, 6) is 1.74. The summed E-state index contributed by atoms with van der Waals surface area (Å²) in [5, 5.41) is 0. The predicted molar refractivity (Wildman–Crippen MR) is 70.0 cm³/mol. The van der Waals surface area contributed by atoms with Gasteiger partial charge in [0.15, 0.2) is 0 Å². The molecule has 96 valence electrons. The van der Waals surface area contributed by atoms with Gasteiger partial charge in [0.25, 0.3) is 0 Å². The van der Waals surface area contributed by atoms with Gasteiger partial charge in [-0.2, -0.15) is 0 Å². The molecular weight excluding hydrogens is 214 g/mol. The fourth-order valence-electron chi connectivity index (χ4n) is 1.82.